The molecule has 1 fully saturated rings. The second kappa shape index (κ2) is 9.99. The van der Waals surface area contributed by atoms with Crippen LogP contribution in [0.2, 0.25) is 0 Å². The number of aliphatic hydroxyl groups excluding tert-OH is 1. The Balaban J connectivity index is 1.61. The number of ether oxygens (including phenoxy) is 1. The van der Waals surface area contributed by atoms with E-state index in [9.17, 15) is 9.50 Å². The van der Waals surface area contributed by atoms with Gasteiger partial charge in [0.05, 0.1) is 19.3 Å². The number of aliphatic hydroxyl groups is 1. The molecule has 1 aromatic heterocycles. The van der Waals surface area contributed by atoms with E-state index in [0.717, 1.165) is 51.5 Å². The van der Waals surface area contributed by atoms with Crippen LogP contribution in [-0.2, 0) is 17.8 Å². The summed E-state index contributed by atoms with van der Waals surface area (Å²) in [5, 5.41) is 9.90. The molecule has 1 atom stereocenters. The van der Waals surface area contributed by atoms with Gasteiger partial charge in [0, 0.05) is 57.7 Å². The van der Waals surface area contributed by atoms with Crippen LogP contribution in [0.3, 0.4) is 0 Å². The first-order chi connectivity index (χ1) is 13.1. The van der Waals surface area contributed by atoms with Crippen LogP contribution in [0.5, 0.6) is 0 Å². The van der Waals surface area contributed by atoms with Crippen LogP contribution >= 0.6 is 0 Å². The maximum absolute atomic E-state index is 13.1. The molecule has 0 aliphatic carbocycles. The molecule has 1 unspecified atom stereocenters. The lowest BCUT2D eigenvalue weighted by Crippen LogP contribution is -2.42. The molecule has 5 nitrogen and oxygen atoms in total. The van der Waals surface area contributed by atoms with Gasteiger partial charge in [0.1, 0.15) is 5.82 Å². The van der Waals surface area contributed by atoms with Crippen molar-refractivity contribution in [3.63, 3.8) is 0 Å². The smallest absolute Gasteiger partial charge is 0.123 e. The Morgan fingerprint density at radius 3 is 2.63 bits per heavy atom. The summed E-state index contributed by atoms with van der Waals surface area (Å²) in [6, 6.07) is 10.8. The summed E-state index contributed by atoms with van der Waals surface area (Å²) < 4.78 is 20.7. The third-order valence-electron chi connectivity index (χ3n) is 4.93. The molecule has 2 heterocycles. The first kappa shape index (κ1) is 20.0. The molecular weight excluding hydrogens is 345 g/mol. The number of nitrogens with zero attached hydrogens (tertiary/aromatic N) is 3. The van der Waals surface area contributed by atoms with Crippen molar-refractivity contribution in [3.8, 4) is 0 Å². The van der Waals surface area contributed by atoms with Crippen LogP contribution in [0, 0.1) is 5.82 Å². The second-order valence-corrected chi connectivity index (χ2v) is 7.29. The van der Waals surface area contributed by atoms with Gasteiger partial charge >= 0.3 is 0 Å². The number of benzene rings is 1. The Labute approximate surface area is 161 Å². The molecule has 0 radical (unpaired) electrons. The van der Waals surface area contributed by atoms with E-state index in [4.69, 9.17) is 4.74 Å². The zero-order chi connectivity index (χ0) is 19.1. The summed E-state index contributed by atoms with van der Waals surface area (Å²) in [7, 11) is 0. The fourth-order valence-corrected chi connectivity index (χ4v) is 3.48. The van der Waals surface area contributed by atoms with Crippen molar-refractivity contribution in [2.24, 2.45) is 0 Å². The monoisotopic (exact) mass is 375 g/mol. The topological polar surface area (TPSA) is 40.9 Å². The summed E-state index contributed by atoms with van der Waals surface area (Å²) in [6.07, 6.45) is 1.69. The minimum Gasteiger partial charge on any atom is -0.392 e. The van der Waals surface area contributed by atoms with Gasteiger partial charge < -0.3 is 14.4 Å². The Morgan fingerprint density at radius 1 is 1.19 bits per heavy atom. The molecule has 0 bridgehead atoms. The lowest BCUT2D eigenvalue weighted by atomic mass is 10.2. The third kappa shape index (κ3) is 6.43. The number of aromatic nitrogens is 1. The van der Waals surface area contributed by atoms with Crippen molar-refractivity contribution in [3.05, 3.63) is 59.7 Å². The number of hydrogen-bond donors (Lipinski definition) is 1. The fraction of sp³-hybridized carbons (Fsp3) is 0.524. The Kier molecular flexibility index (Phi) is 7.41. The van der Waals surface area contributed by atoms with E-state index >= 15 is 0 Å². The summed E-state index contributed by atoms with van der Waals surface area (Å²) in [5.41, 5.74) is 2.27. The van der Waals surface area contributed by atoms with Crippen molar-refractivity contribution in [2.45, 2.75) is 26.1 Å². The maximum atomic E-state index is 13.1. The lowest BCUT2D eigenvalue weighted by Gasteiger charge is -2.30. The predicted molar refractivity (Wildman–Crippen MR) is 104 cm³/mol. The lowest BCUT2D eigenvalue weighted by molar-refractivity contribution is 0.0297. The van der Waals surface area contributed by atoms with Gasteiger partial charge in [0.25, 0.3) is 0 Å². The number of halogens is 1. The molecule has 6 heteroatoms. The molecule has 1 aliphatic rings. The van der Waals surface area contributed by atoms with Gasteiger partial charge in [-0.05, 0) is 36.8 Å². The van der Waals surface area contributed by atoms with E-state index in [1.54, 1.807) is 0 Å². The highest BCUT2D eigenvalue weighted by atomic mass is 19.1. The van der Waals surface area contributed by atoms with Crippen molar-refractivity contribution in [2.75, 3.05) is 45.9 Å². The highest BCUT2D eigenvalue weighted by molar-refractivity contribution is 5.18. The second-order valence-electron chi connectivity index (χ2n) is 7.29. The molecule has 27 heavy (non-hydrogen) atoms. The predicted octanol–water partition coefficient (Wildman–Crippen LogP) is 2.19. The normalized spacial score (nSPS) is 16.7. The van der Waals surface area contributed by atoms with E-state index in [1.165, 1.54) is 17.8 Å². The van der Waals surface area contributed by atoms with Crippen LogP contribution in [0.1, 0.15) is 18.2 Å². The minimum atomic E-state index is -0.366. The Hall–Kier alpha value is -1.73. The Morgan fingerprint density at radius 2 is 1.93 bits per heavy atom. The van der Waals surface area contributed by atoms with E-state index in [-0.39, 0.29) is 11.9 Å². The van der Waals surface area contributed by atoms with Crippen molar-refractivity contribution < 1.29 is 14.2 Å². The Bertz CT molecular complexity index is 681. The number of hydrogen-bond acceptors (Lipinski definition) is 4. The van der Waals surface area contributed by atoms with Crippen LogP contribution in [-0.4, -0.2) is 71.5 Å². The fourth-order valence-electron chi connectivity index (χ4n) is 3.48. The van der Waals surface area contributed by atoms with Gasteiger partial charge in [-0.15, -0.1) is 0 Å². The molecule has 1 aromatic carbocycles. The first-order valence-electron chi connectivity index (χ1n) is 9.69. The van der Waals surface area contributed by atoms with Gasteiger partial charge in [-0.2, -0.15) is 0 Å². The molecule has 0 spiro atoms. The molecule has 1 N–H and O–H groups in total. The third-order valence-corrected chi connectivity index (χ3v) is 4.93. The van der Waals surface area contributed by atoms with E-state index < -0.39 is 0 Å². The molecule has 1 aliphatic heterocycles. The molecule has 2 aromatic rings. The van der Waals surface area contributed by atoms with Crippen molar-refractivity contribution >= 4 is 0 Å². The van der Waals surface area contributed by atoms with Crippen LogP contribution in [0.25, 0.3) is 0 Å². The van der Waals surface area contributed by atoms with E-state index in [0.29, 0.717) is 13.1 Å². The first-order valence-corrected chi connectivity index (χ1v) is 9.69. The van der Waals surface area contributed by atoms with E-state index in [2.05, 4.69) is 26.6 Å². The van der Waals surface area contributed by atoms with Crippen molar-refractivity contribution in [1.29, 1.82) is 0 Å². The molecule has 3 rings (SSSR count). The highest BCUT2D eigenvalue weighted by Crippen LogP contribution is 2.12. The summed E-state index contributed by atoms with van der Waals surface area (Å²) in [5.74, 6) is -0.210. The van der Waals surface area contributed by atoms with Gasteiger partial charge in [0.2, 0.25) is 0 Å². The standard InChI is InChI=1S/C21H30FN3O2/c1-18(26)15-24(10-9-23-11-13-27-14-12-23)17-21-3-2-8-25(21)16-19-4-6-20(22)7-5-19/h2-8,18,26H,9-17H2,1H3. The maximum Gasteiger partial charge on any atom is 0.123 e. The summed E-state index contributed by atoms with van der Waals surface area (Å²) in [4.78, 5) is 4.72. The summed E-state index contributed by atoms with van der Waals surface area (Å²) >= 11 is 0. The van der Waals surface area contributed by atoms with Crippen LogP contribution in [0.15, 0.2) is 42.6 Å². The van der Waals surface area contributed by atoms with Crippen LogP contribution in [0.4, 0.5) is 4.39 Å². The molecule has 148 valence electrons. The average molecular weight is 375 g/mol. The van der Waals surface area contributed by atoms with Gasteiger partial charge in [-0.25, -0.2) is 4.39 Å². The van der Waals surface area contributed by atoms with Gasteiger partial charge in [0.15, 0.2) is 0 Å². The zero-order valence-corrected chi connectivity index (χ0v) is 16.1. The zero-order valence-electron chi connectivity index (χ0n) is 16.1. The molecular formula is C21H30FN3O2. The van der Waals surface area contributed by atoms with Crippen molar-refractivity contribution in [1.82, 2.24) is 14.4 Å². The molecule has 0 amide bonds. The molecule has 0 saturated carbocycles. The van der Waals surface area contributed by atoms with Gasteiger partial charge in [-0.1, -0.05) is 12.1 Å². The SMILES string of the molecule is CC(O)CN(CCN1CCOCC1)Cc1cccn1Cc1ccc(F)cc1. The quantitative estimate of drug-likeness (QED) is 0.730. The molecule has 1 saturated heterocycles. The number of morpholine rings is 1. The van der Waals surface area contributed by atoms with Crippen LogP contribution < -0.4 is 0 Å². The largest absolute Gasteiger partial charge is 0.392 e. The summed E-state index contributed by atoms with van der Waals surface area (Å²) in [6.45, 7) is 9.42. The average Bonchev–Trinajstić information content (AvgIpc) is 3.09. The minimum absolute atomic E-state index is 0.210. The van der Waals surface area contributed by atoms with E-state index in [1.807, 2.05) is 25.1 Å². The highest BCUT2D eigenvalue weighted by Gasteiger charge is 2.15. The van der Waals surface area contributed by atoms with Gasteiger partial charge in [-0.3, -0.25) is 9.80 Å². The number of rotatable bonds is 9.